The van der Waals surface area contributed by atoms with E-state index in [0.29, 0.717) is 22.7 Å². The molecule has 0 fully saturated rings. The molecule has 0 unspecified atom stereocenters. The van der Waals surface area contributed by atoms with Gasteiger partial charge in [0.05, 0.1) is 16.3 Å². The van der Waals surface area contributed by atoms with E-state index >= 15 is 0 Å². The third kappa shape index (κ3) is 3.32. The van der Waals surface area contributed by atoms with E-state index in [1.165, 1.54) is 18.0 Å². The number of aryl methyl sites for hydroxylation is 1. The summed E-state index contributed by atoms with van der Waals surface area (Å²) < 4.78 is 41.5. The molecular weight excluding hydrogens is 323 g/mol. The van der Waals surface area contributed by atoms with Crippen LogP contribution in [0, 0.1) is 6.92 Å². The molecule has 0 saturated carbocycles. The monoisotopic (exact) mass is 333 g/mol. The number of amides is 1. The summed E-state index contributed by atoms with van der Waals surface area (Å²) in [6.45, 7) is 1.74. The molecule has 0 bridgehead atoms. The van der Waals surface area contributed by atoms with Gasteiger partial charge in [-0.3, -0.25) is 9.59 Å². The molecule has 0 atom stereocenters. The second-order valence-corrected chi connectivity index (χ2v) is 5.53. The number of thiophene rings is 1. The van der Waals surface area contributed by atoms with Crippen LogP contribution in [0.5, 0.6) is 0 Å². The number of halogens is 3. The Balaban J connectivity index is 2.12. The summed E-state index contributed by atoms with van der Waals surface area (Å²) in [5, 5.41) is 7.18. The van der Waals surface area contributed by atoms with E-state index in [4.69, 9.17) is 0 Å². The van der Waals surface area contributed by atoms with E-state index in [9.17, 15) is 22.8 Å². The molecule has 0 aliphatic carbocycles. The minimum atomic E-state index is -4.96. The van der Waals surface area contributed by atoms with Gasteiger partial charge in [-0.2, -0.15) is 13.2 Å². The van der Waals surface area contributed by atoms with E-state index < -0.39 is 22.7 Å². The van der Waals surface area contributed by atoms with Crippen molar-refractivity contribution in [2.75, 3.05) is 7.05 Å². The van der Waals surface area contributed by atoms with E-state index in [1.807, 2.05) is 0 Å². The Bertz CT molecular complexity index is 708. The van der Waals surface area contributed by atoms with E-state index in [1.54, 1.807) is 6.92 Å². The van der Waals surface area contributed by atoms with Crippen molar-refractivity contribution in [1.82, 2.24) is 15.2 Å². The van der Waals surface area contributed by atoms with Crippen molar-refractivity contribution in [3.63, 3.8) is 0 Å². The van der Waals surface area contributed by atoms with Crippen molar-refractivity contribution in [3.05, 3.63) is 33.3 Å². The van der Waals surface area contributed by atoms with Crippen LogP contribution in [0.1, 0.15) is 30.7 Å². The van der Waals surface area contributed by atoms with Gasteiger partial charge in [-0.15, -0.1) is 11.3 Å². The highest BCUT2D eigenvalue weighted by atomic mass is 32.1. The number of alkyl halides is 3. The zero-order valence-electron chi connectivity index (χ0n) is 11.5. The normalized spacial score (nSPS) is 11.5. The molecule has 22 heavy (non-hydrogen) atoms. The lowest BCUT2D eigenvalue weighted by Gasteiger charge is -2.14. The Morgan fingerprint density at radius 3 is 2.45 bits per heavy atom. The first kappa shape index (κ1) is 16.1. The number of carbonyl (C=O) groups is 2. The third-order valence-electron chi connectivity index (χ3n) is 2.78. The Hall–Kier alpha value is -2.23. The van der Waals surface area contributed by atoms with Gasteiger partial charge in [0, 0.05) is 7.05 Å². The molecule has 0 aliphatic rings. The zero-order chi connectivity index (χ0) is 16.5. The van der Waals surface area contributed by atoms with Gasteiger partial charge >= 0.3 is 6.18 Å². The summed E-state index contributed by atoms with van der Waals surface area (Å²) in [7, 11) is 1.46. The first-order chi connectivity index (χ1) is 10.2. The van der Waals surface area contributed by atoms with Crippen molar-refractivity contribution in [2.45, 2.75) is 19.6 Å². The molecular formula is C12H10F3N3O3S. The maximum Gasteiger partial charge on any atom is 0.455 e. The highest BCUT2D eigenvalue weighted by molar-refractivity contribution is 7.16. The van der Waals surface area contributed by atoms with Crippen LogP contribution in [-0.4, -0.2) is 40.1 Å². The Labute approximate surface area is 126 Å². The number of nitrogens with zero attached hydrogens (tertiary/aromatic N) is 3. The average molecular weight is 333 g/mol. The standard InChI is InChI=1S/C12H10F3N3O3S/c1-6-7(17-21-16-6)5-18(2)11(20)9-4-3-8(22-9)10(19)12(13,14)15/h3-4H,5H2,1-2H3. The lowest BCUT2D eigenvalue weighted by atomic mass is 10.3. The molecule has 10 heteroatoms. The van der Waals surface area contributed by atoms with Crippen molar-refractivity contribution >= 4 is 23.0 Å². The summed E-state index contributed by atoms with van der Waals surface area (Å²) in [6, 6.07) is 2.18. The van der Waals surface area contributed by atoms with Gasteiger partial charge in [0.1, 0.15) is 11.4 Å². The predicted octanol–water partition coefficient (Wildman–Crippen LogP) is 2.46. The molecule has 0 spiro atoms. The number of hydrogen-bond donors (Lipinski definition) is 0. The Kier molecular flexibility index (Phi) is 4.31. The quantitative estimate of drug-likeness (QED) is 0.803. The van der Waals surface area contributed by atoms with Crippen molar-refractivity contribution in [1.29, 1.82) is 0 Å². The topological polar surface area (TPSA) is 76.3 Å². The van der Waals surface area contributed by atoms with Gasteiger partial charge in [0.15, 0.2) is 0 Å². The maximum atomic E-state index is 12.3. The van der Waals surface area contributed by atoms with Gasteiger partial charge in [-0.1, -0.05) is 10.3 Å². The second kappa shape index (κ2) is 5.87. The number of ketones is 1. The van der Waals surface area contributed by atoms with Crippen LogP contribution in [-0.2, 0) is 6.54 Å². The van der Waals surface area contributed by atoms with E-state index in [-0.39, 0.29) is 11.4 Å². The van der Waals surface area contributed by atoms with Crippen LogP contribution in [0.2, 0.25) is 0 Å². The lowest BCUT2D eigenvalue weighted by molar-refractivity contribution is -0.0882. The molecule has 2 heterocycles. The van der Waals surface area contributed by atoms with Crippen molar-refractivity contribution < 1.29 is 27.4 Å². The maximum absolute atomic E-state index is 12.3. The van der Waals surface area contributed by atoms with Crippen LogP contribution in [0.3, 0.4) is 0 Å². The van der Waals surface area contributed by atoms with E-state index in [2.05, 4.69) is 14.9 Å². The molecule has 2 rings (SSSR count). The number of carbonyl (C=O) groups excluding carboxylic acids is 2. The molecule has 2 aromatic rings. The number of rotatable bonds is 4. The Morgan fingerprint density at radius 2 is 1.91 bits per heavy atom. The fraction of sp³-hybridized carbons (Fsp3) is 0.333. The molecule has 0 aromatic carbocycles. The van der Waals surface area contributed by atoms with Crippen LogP contribution in [0.4, 0.5) is 13.2 Å². The average Bonchev–Trinajstić information content (AvgIpc) is 3.06. The first-order valence-electron chi connectivity index (χ1n) is 5.95. The lowest BCUT2D eigenvalue weighted by Crippen LogP contribution is -2.26. The van der Waals surface area contributed by atoms with Crippen LogP contribution in [0.15, 0.2) is 16.8 Å². The first-order valence-corrected chi connectivity index (χ1v) is 6.76. The molecule has 0 saturated heterocycles. The fourth-order valence-corrected chi connectivity index (χ4v) is 2.55. The SMILES string of the molecule is Cc1nonc1CN(C)C(=O)c1ccc(C(=O)C(F)(F)F)s1. The Morgan fingerprint density at radius 1 is 1.27 bits per heavy atom. The zero-order valence-corrected chi connectivity index (χ0v) is 12.3. The summed E-state index contributed by atoms with van der Waals surface area (Å²) in [4.78, 5) is 24.0. The van der Waals surface area contributed by atoms with Gasteiger partial charge < -0.3 is 4.90 Å². The van der Waals surface area contributed by atoms with Crippen LogP contribution < -0.4 is 0 Å². The van der Waals surface area contributed by atoms with E-state index in [0.717, 1.165) is 6.07 Å². The number of Topliss-reactive ketones (excluding diaryl/α,β-unsaturated/α-hetero) is 1. The summed E-state index contributed by atoms with van der Waals surface area (Å²) >= 11 is 0.501. The fourth-order valence-electron chi connectivity index (χ4n) is 1.59. The van der Waals surface area contributed by atoms with Gasteiger partial charge in [0.25, 0.3) is 11.7 Å². The van der Waals surface area contributed by atoms with Crippen molar-refractivity contribution in [3.8, 4) is 0 Å². The smallest absolute Gasteiger partial charge is 0.335 e. The molecule has 6 nitrogen and oxygen atoms in total. The molecule has 0 N–H and O–H groups in total. The summed E-state index contributed by atoms with van der Waals surface area (Å²) in [5.41, 5.74) is 0.956. The summed E-state index contributed by atoms with van der Waals surface area (Å²) in [6.07, 6.45) is -4.96. The molecule has 0 aliphatic heterocycles. The van der Waals surface area contributed by atoms with Gasteiger partial charge in [-0.25, -0.2) is 4.63 Å². The summed E-state index contributed by atoms with van der Waals surface area (Å²) in [5.74, 6) is -2.48. The molecule has 1 amide bonds. The predicted molar refractivity (Wildman–Crippen MR) is 69.5 cm³/mol. The third-order valence-corrected chi connectivity index (χ3v) is 3.85. The molecule has 0 radical (unpaired) electrons. The van der Waals surface area contributed by atoms with Crippen LogP contribution >= 0.6 is 11.3 Å². The second-order valence-electron chi connectivity index (χ2n) is 4.45. The number of aromatic nitrogens is 2. The highest BCUT2D eigenvalue weighted by Crippen LogP contribution is 2.27. The van der Waals surface area contributed by atoms with Gasteiger partial charge in [-0.05, 0) is 19.1 Å². The van der Waals surface area contributed by atoms with Gasteiger partial charge in [0.2, 0.25) is 0 Å². The minimum Gasteiger partial charge on any atom is -0.335 e. The number of hydrogen-bond acceptors (Lipinski definition) is 6. The minimum absolute atomic E-state index is 0.0317. The largest absolute Gasteiger partial charge is 0.455 e. The highest BCUT2D eigenvalue weighted by Gasteiger charge is 2.40. The van der Waals surface area contributed by atoms with Crippen LogP contribution in [0.25, 0.3) is 0 Å². The molecule has 2 aromatic heterocycles. The molecule has 118 valence electrons. The van der Waals surface area contributed by atoms with Crippen molar-refractivity contribution in [2.24, 2.45) is 0 Å².